The van der Waals surface area contributed by atoms with Crippen molar-refractivity contribution in [2.75, 3.05) is 13.2 Å². The first-order chi connectivity index (χ1) is 7.50. The van der Waals surface area contributed by atoms with E-state index in [1.807, 2.05) is 13.0 Å². The average molecular weight is 285 g/mol. The molecule has 0 saturated carbocycles. The minimum Gasteiger partial charge on any atom is -0.490 e. The van der Waals surface area contributed by atoms with Gasteiger partial charge in [0.1, 0.15) is 18.0 Å². The van der Waals surface area contributed by atoms with Gasteiger partial charge < -0.3 is 9.47 Å². The molecule has 1 aromatic rings. The van der Waals surface area contributed by atoms with Crippen LogP contribution in [0, 0.1) is 0 Å². The van der Waals surface area contributed by atoms with Crippen molar-refractivity contribution in [2.24, 2.45) is 0 Å². The van der Waals surface area contributed by atoms with Gasteiger partial charge in [-0.05, 0) is 32.0 Å². The van der Waals surface area contributed by atoms with Gasteiger partial charge in [-0.3, -0.25) is 4.79 Å². The van der Waals surface area contributed by atoms with Crippen molar-refractivity contribution in [2.45, 2.75) is 19.4 Å². The second-order valence-corrected chi connectivity index (χ2v) is 5.14. The van der Waals surface area contributed by atoms with Gasteiger partial charge >= 0.3 is 0 Å². The quantitative estimate of drug-likeness (QED) is 0.630. The first kappa shape index (κ1) is 11.6. The molecule has 0 radical (unpaired) electrons. The Bertz CT molecular complexity index is 424. The molecule has 2 rings (SSSR count). The summed E-state index contributed by atoms with van der Waals surface area (Å²) in [7, 11) is 0. The predicted molar refractivity (Wildman–Crippen MR) is 64.0 cm³/mol. The van der Waals surface area contributed by atoms with E-state index in [1.165, 1.54) is 6.92 Å². The van der Waals surface area contributed by atoms with Crippen LogP contribution in [0.1, 0.15) is 24.2 Å². The number of hydrogen-bond acceptors (Lipinski definition) is 3. The maximum atomic E-state index is 11.4. The Labute approximate surface area is 103 Å². The number of rotatable bonds is 4. The number of carbonyl (C=O) groups is 1. The third-order valence-corrected chi connectivity index (χ3v) is 2.98. The number of hydrogen-bond donors (Lipinski definition) is 0. The van der Waals surface area contributed by atoms with Crippen LogP contribution in [0.4, 0.5) is 0 Å². The lowest BCUT2D eigenvalue weighted by atomic mass is 10.1. The third-order valence-electron chi connectivity index (χ3n) is 2.49. The van der Waals surface area contributed by atoms with Crippen LogP contribution < -0.4 is 4.74 Å². The lowest BCUT2D eigenvalue weighted by molar-refractivity contribution is 0.101. The average Bonchev–Trinajstić information content (AvgIpc) is 2.95. The van der Waals surface area contributed by atoms with Crippen LogP contribution >= 0.6 is 15.9 Å². The first-order valence-electron chi connectivity index (χ1n) is 5.07. The highest BCUT2D eigenvalue weighted by Crippen LogP contribution is 2.29. The van der Waals surface area contributed by atoms with Crippen molar-refractivity contribution >= 4 is 21.7 Å². The highest BCUT2D eigenvalue weighted by Gasteiger charge is 2.40. The fourth-order valence-electron chi connectivity index (χ4n) is 1.34. The summed E-state index contributed by atoms with van der Waals surface area (Å²) in [5.74, 6) is 0.616. The Kier molecular flexibility index (Phi) is 3.04. The number of carbonyl (C=O) groups excluding carboxylic acids is 1. The molecule has 1 saturated heterocycles. The molecule has 0 aliphatic carbocycles. The standard InChI is InChI=1S/C12H13BrO3/c1-8(14)10-5-9(13)3-4-11(10)15-6-12(2)7-16-12/h3-5H,6-7H2,1-2H3. The lowest BCUT2D eigenvalue weighted by Crippen LogP contribution is -2.17. The summed E-state index contributed by atoms with van der Waals surface area (Å²) < 4.78 is 11.7. The number of ketones is 1. The molecule has 1 aromatic carbocycles. The Hall–Kier alpha value is -0.870. The van der Waals surface area contributed by atoms with Crippen LogP contribution in [0.15, 0.2) is 22.7 Å². The summed E-state index contributed by atoms with van der Waals surface area (Å²) in [6.45, 7) is 4.72. The third kappa shape index (κ3) is 2.62. The molecule has 16 heavy (non-hydrogen) atoms. The van der Waals surface area contributed by atoms with Crippen molar-refractivity contribution in [3.8, 4) is 5.75 Å². The second kappa shape index (κ2) is 4.18. The molecule has 0 N–H and O–H groups in total. The highest BCUT2D eigenvalue weighted by atomic mass is 79.9. The van der Waals surface area contributed by atoms with E-state index in [0.29, 0.717) is 17.9 Å². The SMILES string of the molecule is CC(=O)c1cc(Br)ccc1OCC1(C)CO1. The van der Waals surface area contributed by atoms with Crippen molar-refractivity contribution in [1.29, 1.82) is 0 Å². The number of benzene rings is 1. The molecule has 4 heteroatoms. The summed E-state index contributed by atoms with van der Waals surface area (Å²) in [5, 5.41) is 0. The Morgan fingerprint density at radius 1 is 1.62 bits per heavy atom. The van der Waals surface area contributed by atoms with Gasteiger partial charge in [-0.25, -0.2) is 0 Å². The molecule has 1 unspecified atom stereocenters. The molecule has 3 nitrogen and oxygen atoms in total. The molecule has 0 aromatic heterocycles. The van der Waals surface area contributed by atoms with Gasteiger partial charge in [0.15, 0.2) is 5.78 Å². The van der Waals surface area contributed by atoms with Gasteiger partial charge in [-0.1, -0.05) is 15.9 Å². The molecule has 0 spiro atoms. The minimum absolute atomic E-state index is 0.00170. The fourth-order valence-corrected chi connectivity index (χ4v) is 1.70. The fraction of sp³-hybridized carbons (Fsp3) is 0.417. The molecule has 1 atom stereocenters. The molecule has 86 valence electrons. The van der Waals surface area contributed by atoms with Gasteiger partial charge in [-0.2, -0.15) is 0 Å². The van der Waals surface area contributed by atoms with Crippen LogP contribution in [0.3, 0.4) is 0 Å². The van der Waals surface area contributed by atoms with Gasteiger partial charge in [0.25, 0.3) is 0 Å². The zero-order chi connectivity index (χ0) is 11.8. The number of halogens is 1. The first-order valence-corrected chi connectivity index (χ1v) is 5.87. The molecule has 1 fully saturated rings. The molecule has 1 aliphatic heterocycles. The van der Waals surface area contributed by atoms with Crippen LogP contribution in [-0.2, 0) is 4.74 Å². The van der Waals surface area contributed by atoms with E-state index in [9.17, 15) is 4.79 Å². The molecule has 0 bridgehead atoms. The zero-order valence-electron chi connectivity index (χ0n) is 9.25. The Balaban J connectivity index is 2.15. The molecular weight excluding hydrogens is 272 g/mol. The molecule has 1 aliphatic rings. The van der Waals surface area contributed by atoms with E-state index in [1.54, 1.807) is 12.1 Å². The normalized spacial score (nSPS) is 22.9. The number of Topliss-reactive ketones (excluding diaryl/α,β-unsaturated/α-hetero) is 1. The number of ether oxygens (including phenoxy) is 2. The van der Waals surface area contributed by atoms with E-state index in [4.69, 9.17) is 9.47 Å². The summed E-state index contributed by atoms with van der Waals surface area (Å²) >= 11 is 3.34. The minimum atomic E-state index is -0.166. The van der Waals surface area contributed by atoms with Crippen LogP contribution in [0.5, 0.6) is 5.75 Å². The Morgan fingerprint density at radius 3 is 2.88 bits per heavy atom. The largest absolute Gasteiger partial charge is 0.490 e. The van der Waals surface area contributed by atoms with E-state index < -0.39 is 0 Å². The second-order valence-electron chi connectivity index (χ2n) is 4.22. The maximum absolute atomic E-state index is 11.4. The van der Waals surface area contributed by atoms with Crippen LogP contribution in [-0.4, -0.2) is 24.6 Å². The van der Waals surface area contributed by atoms with Crippen molar-refractivity contribution in [3.63, 3.8) is 0 Å². The van der Waals surface area contributed by atoms with Gasteiger partial charge in [0.2, 0.25) is 0 Å². The topological polar surface area (TPSA) is 38.8 Å². The van der Waals surface area contributed by atoms with E-state index >= 15 is 0 Å². The van der Waals surface area contributed by atoms with Gasteiger partial charge in [0.05, 0.1) is 12.2 Å². The van der Waals surface area contributed by atoms with E-state index in [-0.39, 0.29) is 11.4 Å². The van der Waals surface area contributed by atoms with E-state index in [0.717, 1.165) is 11.1 Å². The zero-order valence-corrected chi connectivity index (χ0v) is 10.8. The summed E-state index contributed by atoms with van der Waals surface area (Å²) in [4.78, 5) is 11.4. The maximum Gasteiger partial charge on any atom is 0.163 e. The smallest absolute Gasteiger partial charge is 0.163 e. The summed E-state index contributed by atoms with van der Waals surface area (Å²) in [6.07, 6.45) is 0. The van der Waals surface area contributed by atoms with Gasteiger partial charge in [0, 0.05) is 4.47 Å². The van der Waals surface area contributed by atoms with Gasteiger partial charge in [-0.15, -0.1) is 0 Å². The van der Waals surface area contributed by atoms with Crippen LogP contribution in [0.2, 0.25) is 0 Å². The molecular formula is C12H13BrO3. The van der Waals surface area contributed by atoms with Crippen molar-refractivity contribution < 1.29 is 14.3 Å². The summed E-state index contributed by atoms with van der Waals surface area (Å²) in [5.41, 5.74) is 0.430. The Morgan fingerprint density at radius 2 is 2.31 bits per heavy atom. The number of epoxide rings is 1. The van der Waals surface area contributed by atoms with Crippen molar-refractivity contribution in [3.05, 3.63) is 28.2 Å². The molecule has 0 amide bonds. The molecule has 1 heterocycles. The lowest BCUT2D eigenvalue weighted by Gasteiger charge is -2.11. The van der Waals surface area contributed by atoms with Crippen LogP contribution in [0.25, 0.3) is 0 Å². The monoisotopic (exact) mass is 284 g/mol. The summed E-state index contributed by atoms with van der Waals surface area (Å²) in [6, 6.07) is 5.43. The van der Waals surface area contributed by atoms with E-state index in [2.05, 4.69) is 15.9 Å². The van der Waals surface area contributed by atoms with Crippen molar-refractivity contribution in [1.82, 2.24) is 0 Å². The highest BCUT2D eigenvalue weighted by molar-refractivity contribution is 9.10. The predicted octanol–water partition coefficient (Wildman–Crippen LogP) is 2.82.